The van der Waals surface area contributed by atoms with Gasteiger partial charge in [-0.15, -0.1) is 0 Å². The number of carbonyl (C=O) groups excluding carboxylic acids is 1. The minimum Gasteiger partial charge on any atom is -0.347 e. The first-order chi connectivity index (χ1) is 8.39. The van der Waals surface area contributed by atoms with Crippen LogP contribution in [0.3, 0.4) is 0 Å². The van der Waals surface area contributed by atoms with Crippen LogP contribution in [0.15, 0.2) is 18.2 Å². The van der Waals surface area contributed by atoms with E-state index in [1.54, 1.807) is 0 Å². The Kier molecular flexibility index (Phi) is 3.25. The van der Waals surface area contributed by atoms with Crippen LogP contribution in [0.1, 0.15) is 15.9 Å². The van der Waals surface area contributed by atoms with Crippen molar-refractivity contribution in [3.63, 3.8) is 0 Å². The fourth-order valence-corrected chi connectivity index (χ4v) is 1.58. The highest BCUT2D eigenvalue weighted by molar-refractivity contribution is 5.95. The fourth-order valence-electron chi connectivity index (χ4n) is 1.58. The minimum absolute atomic E-state index is 0.161. The van der Waals surface area contributed by atoms with Gasteiger partial charge in [-0.25, -0.2) is 4.39 Å². The molecule has 2 rings (SSSR count). The lowest BCUT2D eigenvalue weighted by atomic mass is 10.1. The van der Waals surface area contributed by atoms with E-state index in [4.69, 9.17) is 0 Å². The standard InChI is InChI=1S/C11H10F4N2O/c12-9-7(10(18)17-6-4-16-5-6)2-1-3-8(9)11(13,14)15/h1-3,6,16H,4-5H2,(H,17,18). The fraction of sp³-hybridized carbons (Fsp3) is 0.364. The van der Waals surface area contributed by atoms with Crippen LogP contribution in [0, 0.1) is 5.82 Å². The Morgan fingerprint density at radius 2 is 2.00 bits per heavy atom. The smallest absolute Gasteiger partial charge is 0.347 e. The molecule has 1 aliphatic rings. The number of amides is 1. The quantitative estimate of drug-likeness (QED) is 0.794. The Labute approximate surface area is 100 Å². The lowest BCUT2D eigenvalue weighted by molar-refractivity contribution is -0.140. The summed E-state index contributed by atoms with van der Waals surface area (Å²) in [6.45, 7) is 1.07. The maximum Gasteiger partial charge on any atom is 0.419 e. The molecular weight excluding hydrogens is 252 g/mol. The topological polar surface area (TPSA) is 41.1 Å². The molecule has 1 aliphatic heterocycles. The van der Waals surface area contributed by atoms with Crippen molar-refractivity contribution in [1.29, 1.82) is 0 Å². The summed E-state index contributed by atoms with van der Waals surface area (Å²) in [5, 5.41) is 5.32. The molecule has 7 heteroatoms. The number of carbonyl (C=O) groups is 1. The Bertz CT molecular complexity index is 469. The van der Waals surface area contributed by atoms with Crippen molar-refractivity contribution in [2.45, 2.75) is 12.2 Å². The molecule has 0 unspecified atom stereocenters. The van der Waals surface area contributed by atoms with Gasteiger partial charge in [-0.3, -0.25) is 4.79 Å². The average molecular weight is 262 g/mol. The summed E-state index contributed by atoms with van der Waals surface area (Å²) in [6, 6.07) is 2.49. The van der Waals surface area contributed by atoms with Crippen LogP contribution in [-0.2, 0) is 6.18 Å². The van der Waals surface area contributed by atoms with Gasteiger partial charge < -0.3 is 10.6 Å². The normalized spacial score (nSPS) is 16.2. The van der Waals surface area contributed by atoms with Gasteiger partial charge in [0.1, 0.15) is 5.82 Å². The maximum absolute atomic E-state index is 13.6. The van der Waals surface area contributed by atoms with Gasteiger partial charge >= 0.3 is 6.18 Å². The van der Waals surface area contributed by atoms with Crippen LogP contribution in [-0.4, -0.2) is 25.0 Å². The second-order valence-electron chi connectivity index (χ2n) is 3.99. The third-order valence-electron chi connectivity index (χ3n) is 2.67. The summed E-state index contributed by atoms with van der Waals surface area (Å²) in [5.74, 6) is -2.36. The third kappa shape index (κ3) is 2.45. The zero-order valence-corrected chi connectivity index (χ0v) is 9.14. The molecule has 1 heterocycles. The molecule has 3 nitrogen and oxygen atoms in total. The Balaban J connectivity index is 2.25. The molecule has 98 valence electrons. The molecule has 1 aromatic carbocycles. The molecular formula is C11H10F4N2O. The molecule has 18 heavy (non-hydrogen) atoms. The summed E-state index contributed by atoms with van der Waals surface area (Å²) < 4.78 is 50.9. The highest BCUT2D eigenvalue weighted by Crippen LogP contribution is 2.32. The summed E-state index contributed by atoms with van der Waals surface area (Å²) in [4.78, 5) is 11.6. The van der Waals surface area contributed by atoms with Crippen molar-refractivity contribution < 1.29 is 22.4 Å². The number of halogens is 4. The first-order valence-electron chi connectivity index (χ1n) is 5.27. The molecule has 0 saturated carbocycles. The first kappa shape index (κ1) is 12.8. The van der Waals surface area contributed by atoms with E-state index in [1.165, 1.54) is 0 Å². The van der Waals surface area contributed by atoms with Crippen LogP contribution in [0.5, 0.6) is 0 Å². The minimum atomic E-state index is -4.81. The van der Waals surface area contributed by atoms with Gasteiger partial charge in [0.25, 0.3) is 5.91 Å². The zero-order chi connectivity index (χ0) is 13.3. The highest BCUT2D eigenvalue weighted by atomic mass is 19.4. The van der Waals surface area contributed by atoms with Gasteiger partial charge in [0, 0.05) is 13.1 Å². The monoisotopic (exact) mass is 262 g/mol. The predicted octanol–water partition coefficient (Wildman–Crippen LogP) is 1.55. The van der Waals surface area contributed by atoms with Crippen LogP contribution < -0.4 is 10.6 Å². The molecule has 0 aliphatic carbocycles. The van der Waals surface area contributed by atoms with Crippen LogP contribution in [0.25, 0.3) is 0 Å². The number of alkyl halides is 3. The second-order valence-corrected chi connectivity index (χ2v) is 3.99. The number of nitrogens with one attached hydrogen (secondary N) is 2. The molecule has 1 fully saturated rings. The van der Waals surface area contributed by atoms with Crippen molar-refractivity contribution in [2.75, 3.05) is 13.1 Å². The van der Waals surface area contributed by atoms with Crippen molar-refractivity contribution in [3.05, 3.63) is 35.1 Å². The average Bonchev–Trinajstić information content (AvgIpc) is 2.21. The van der Waals surface area contributed by atoms with E-state index in [2.05, 4.69) is 10.6 Å². The van der Waals surface area contributed by atoms with Gasteiger partial charge in [0.2, 0.25) is 0 Å². The lowest BCUT2D eigenvalue weighted by Crippen LogP contribution is -2.57. The maximum atomic E-state index is 13.6. The van der Waals surface area contributed by atoms with Crippen molar-refractivity contribution in [3.8, 4) is 0 Å². The molecule has 0 atom stereocenters. The summed E-state index contributed by atoms with van der Waals surface area (Å²) in [5.41, 5.74) is -2.02. The van der Waals surface area contributed by atoms with E-state index < -0.39 is 29.0 Å². The molecule has 1 amide bonds. The molecule has 1 saturated heterocycles. The molecule has 0 radical (unpaired) electrons. The van der Waals surface area contributed by atoms with Gasteiger partial charge in [0.15, 0.2) is 0 Å². The van der Waals surface area contributed by atoms with E-state index in [-0.39, 0.29) is 6.04 Å². The number of rotatable bonds is 2. The Morgan fingerprint density at radius 1 is 1.33 bits per heavy atom. The van der Waals surface area contributed by atoms with Crippen LogP contribution >= 0.6 is 0 Å². The molecule has 2 N–H and O–H groups in total. The van der Waals surface area contributed by atoms with Crippen molar-refractivity contribution >= 4 is 5.91 Å². The lowest BCUT2D eigenvalue weighted by Gasteiger charge is -2.28. The molecule has 0 aromatic heterocycles. The van der Waals surface area contributed by atoms with Gasteiger partial charge in [-0.05, 0) is 12.1 Å². The van der Waals surface area contributed by atoms with E-state index in [9.17, 15) is 22.4 Å². The summed E-state index contributed by atoms with van der Waals surface area (Å²) >= 11 is 0. The molecule has 0 spiro atoms. The Morgan fingerprint density at radius 3 is 2.50 bits per heavy atom. The third-order valence-corrected chi connectivity index (χ3v) is 2.67. The largest absolute Gasteiger partial charge is 0.419 e. The number of benzene rings is 1. The van der Waals surface area contributed by atoms with E-state index in [0.717, 1.165) is 12.1 Å². The first-order valence-corrected chi connectivity index (χ1v) is 5.27. The van der Waals surface area contributed by atoms with Gasteiger partial charge in [-0.1, -0.05) is 6.07 Å². The van der Waals surface area contributed by atoms with Gasteiger partial charge in [-0.2, -0.15) is 13.2 Å². The Hall–Kier alpha value is -1.63. The van der Waals surface area contributed by atoms with Crippen LogP contribution in [0.4, 0.5) is 17.6 Å². The van der Waals surface area contributed by atoms with E-state index >= 15 is 0 Å². The molecule has 0 bridgehead atoms. The van der Waals surface area contributed by atoms with Crippen molar-refractivity contribution in [1.82, 2.24) is 10.6 Å². The SMILES string of the molecule is O=C(NC1CNC1)c1cccc(C(F)(F)F)c1F. The highest BCUT2D eigenvalue weighted by Gasteiger charge is 2.36. The van der Waals surface area contributed by atoms with Crippen molar-refractivity contribution in [2.24, 2.45) is 0 Å². The van der Waals surface area contributed by atoms with Crippen LogP contribution in [0.2, 0.25) is 0 Å². The van der Waals surface area contributed by atoms with E-state index in [0.29, 0.717) is 19.2 Å². The zero-order valence-electron chi connectivity index (χ0n) is 9.14. The predicted molar refractivity (Wildman–Crippen MR) is 55.5 cm³/mol. The number of hydrogen-bond acceptors (Lipinski definition) is 2. The van der Waals surface area contributed by atoms with Gasteiger partial charge in [0.05, 0.1) is 17.2 Å². The summed E-state index contributed by atoms with van der Waals surface area (Å²) in [6.07, 6.45) is -4.81. The molecule has 1 aromatic rings. The van der Waals surface area contributed by atoms with E-state index in [1.807, 2.05) is 0 Å². The summed E-state index contributed by atoms with van der Waals surface area (Å²) in [7, 11) is 0. The number of hydrogen-bond donors (Lipinski definition) is 2. The second kappa shape index (κ2) is 4.56.